The molecule has 6 nitrogen and oxygen atoms in total. The van der Waals surface area contributed by atoms with Crippen molar-refractivity contribution >= 4 is 17.3 Å². The highest BCUT2D eigenvalue weighted by molar-refractivity contribution is 6.02. The zero-order chi connectivity index (χ0) is 21.9. The van der Waals surface area contributed by atoms with Gasteiger partial charge in [-0.1, -0.05) is 25.1 Å². The zero-order valence-electron chi connectivity index (χ0n) is 18.0. The quantitative estimate of drug-likeness (QED) is 0.378. The summed E-state index contributed by atoms with van der Waals surface area (Å²) >= 11 is 0. The van der Waals surface area contributed by atoms with Crippen molar-refractivity contribution < 1.29 is 9.53 Å². The van der Waals surface area contributed by atoms with Gasteiger partial charge in [0.15, 0.2) is 0 Å². The maximum Gasteiger partial charge on any atom is 0.251 e. The van der Waals surface area contributed by atoms with Crippen molar-refractivity contribution in [3.63, 3.8) is 0 Å². The smallest absolute Gasteiger partial charge is 0.251 e. The SMILES string of the molecule is CC/C=C(\N=C(C)c1cccc(C(=O)NCCC#N)c1)Oc1cccc(N(C)C)c1. The second-order valence-electron chi connectivity index (χ2n) is 6.89. The average Bonchev–Trinajstić information content (AvgIpc) is 2.74. The molecule has 0 fully saturated rings. The average molecular weight is 405 g/mol. The molecule has 156 valence electrons. The van der Waals surface area contributed by atoms with Crippen LogP contribution in [-0.2, 0) is 0 Å². The van der Waals surface area contributed by atoms with Crippen LogP contribution >= 0.6 is 0 Å². The molecule has 0 atom stereocenters. The lowest BCUT2D eigenvalue weighted by atomic mass is 10.1. The number of hydrogen-bond donors (Lipinski definition) is 1. The number of nitrogens with zero attached hydrogens (tertiary/aromatic N) is 3. The van der Waals surface area contributed by atoms with E-state index in [9.17, 15) is 4.79 Å². The third kappa shape index (κ3) is 6.78. The van der Waals surface area contributed by atoms with Crippen molar-refractivity contribution in [1.82, 2.24) is 5.32 Å². The van der Waals surface area contributed by atoms with Crippen LogP contribution in [0.1, 0.15) is 42.6 Å². The lowest BCUT2D eigenvalue weighted by Gasteiger charge is -2.14. The number of nitrogens with one attached hydrogen (secondary N) is 1. The van der Waals surface area contributed by atoms with Crippen molar-refractivity contribution in [2.24, 2.45) is 4.99 Å². The fraction of sp³-hybridized carbons (Fsp3) is 0.292. The number of anilines is 1. The number of ether oxygens (including phenoxy) is 1. The summed E-state index contributed by atoms with van der Waals surface area (Å²) in [6.45, 7) is 4.24. The van der Waals surface area contributed by atoms with Crippen LogP contribution in [0.5, 0.6) is 5.75 Å². The highest BCUT2D eigenvalue weighted by Crippen LogP contribution is 2.22. The molecule has 0 radical (unpaired) electrons. The highest BCUT2D eigenvalue weighted by Gasteiger charge is 2.08. The van der Waals surface area contributed by atoms with Crippen LogP contribution in [0.3, 0.4) is 0 Å². The largest absolute Gasteiger partial charge is 0.439 e. The fourth-order valence-electron chi connectivity index (χ4n) is 2.68. The molecule has 0 heterocycles. The predicted octanol–water partition coefficient (Wildman–Crippen LogP) is 4.54. The topological polar surface area (TPSA) is 77.7 Å². The standard InChI is InChI=1S/C24H28N4O2/c1-5-9-23(30-22-13-7-12-21(17-22)28(3)4)27-18(2)19-10-6-11-20(16-19)24(29)26-15-8-14-25/h6-7,9-13,16-17H,5,8,15H2,1-4H3,(H,26,29)/b23-9+,27-18?. The number of rotatable bonds is 9. The number of nitriles is 1. The summed E-state index contributed by atoms with van der Waals surface area (Å²) in [5.74, 6) is 1.01. The Morgan fingerprint density at radius 3 is 2.63 bits per heavy atom. The van der Waals surface area contributed by atoms with E-state index in [1.807, 2.05) is 81.4 Å². The Hall–Kier alpha value is -3.59. The van der Waals surface area contributed by atoms with Gasteiger partial charge in [-0.25, -0.2) is 4.99 Å². The minimum atomic E-state index is -0.207. The van der Waals surface area contributed by atoms with Gasteiger partial charge in [-0.05, 0) is 49.2 Å². The summed E-state index contributed by atoms with van der Waals surface area (Å²) in [5.41, 5.74) is 3.14. The van der Waals surface area contributed by atoms with Gasteiger partial charge in [0.05, 0.1) is 12.5 Å². The van der Waals surface area contributed by atoms with Gasteiger partial charge in [0.2, 0.25) is 5.88 Å². The molecule has 0 aliphatic heterocycles. The van der Waals surface area contributed by atoms with Gasteiger partial charge >= 0.3 is 0 Å². The van der Waals surface area contributed by atoms with Gasteiger partial charge in [-0.3, -0.25) is 4.79 Å². The van der Waals surface area contributed by atoms with Gasteiger partial charge in [0.25, 0.3) is 5.91 Å². The van der Waals surface area contributed by atoms with E-state index in [1.165, 1.54) is 0 Å². The number of amides is 1. The molecular weight excluding hydrogens is 376 g/mol. The number of benzene rings is 2. The number of carbonyl (C=O) groups is 1. The van der Waals surface area contributed by atoms with E-state index in [0.717, 1.165) is 23.4 Å². The highest BCUT2D eigenvalue weighted by atomic mass is 16.5. The Labute approximate surface area is 178 Å². The third-order valence-corrected chi connectivity index (χ3v) is 4.28. The van der Waals surface area contributed by atoms with Gasteiger partial charge in [-0.2, -0.15) is 5.26 Å². The normalized spacial score (nSPS) is 11.6. The van der Waals surface area contributed by atoms with Crippen molar-refractivity contribution in [1.29, 1.82) is 5.26 Å². The molecule has 0 saturated heterocycles. The summed E-state index contributed by atoms with van der Waals surface area (Å²) in [4.78, 5) is 18.9. The number of carbonyl (C=O) groups excluding carboxylic acids is 1. The summed E-state index contributed by atoms with van der Waals surface area (Å²) in [6, 6.07) is 17.1. The van der Waals surface area contributed by atoms with Gasteiger partial charge in [-0.15, -0.1) is 0 Å². The van der Waals surface area contributed by atoms with E-state index in [0.29, 0.717) is 23.7 Å². The first-order chi connectivity index (χ1) is 14.4. The molecule has 1 N–H and O–H groups in total. The second kappa shape index (κ2) is 11.4. The van der Waals surface area contributed by atoms with Crippen molar-refractivity contribution in [2.45, 2.75) is 26.7 Å². The summed E-state index contributed by atoms with van der Waals surface area (Å²) in [7, 11) is 3.96. The van der Waals surface area contributed by atoms with Crippen LogP contribution in [0.4, 0.5) is 5.69 Å². The Morgan fingerprint density at radius 1 is 1.20 bits per heavy atom. The minimum absolute atomic E-state index is 0.207. The summed E-state index contributed by atoms with van der Waals surface area (Å²) < 4.78 is 6.02. The van der Waals surface area contributed by atoms with Gasteiger partial charge in [0.1, 0.15) is 5.75 Å². The minimum Gasteiger partial charge on any atom is -0.439 e. The van der Waals surface area contributed by atoms with Crippen LogP contribution in [0.25, 0.3) is 0 Å². The Balaban J connectivity index is 2.21. The summed E-state index contributed by atoms with van der Waals surface area (Å²) in [6.07, 6.45) is 2.98. The van der Waals surface area contributed by atoms with E-state index in [1.54, 1.807) is 12.1 Å². The fourth-order valence-corrected chi connectivity index (χ4v) is 2.68. The number of aliphatic imine (C=N–C) groups is 1. The van der Waals surface area contributed by atoms with Crippen molar-refractivity contribution in [3.05, 3.63) is 71.6 Å². The Morgan fingerprint density at radius 2 is 1.93 bits per heavy atom. The molecule has 0 spiro atoms. The first-order valence-corrected chi connectivity index (χ1v) is 9.91. The molecule has 0 unspecified atom stereocenters. The van der Waals surface area contributed by atoms with E-state index >= 15 is 0 Å². The molecule has 2 aromatic rings. The van der Waals surface area contributed by atoms with Gasteiger partial charge < -0.3 is 15.0 Å². The maximum atomic E-state index is 12.2. The Kier molecular flexibility index (Phi) is 8.64. The van der Waals surface area contributed by atoms with Crippen LogP contribution in [0.15, 0.2) is 65.5 Å². The zero-order valence-corrected chi connectivity index (χ0v) is 18.0. The number of hydrogen-bond acceptors (Lipinski definition) is 5. The van der Waals surface area contributed by atoms with E-state index in [-0.39, 0.29) is 12.3 Å². The monoisotopic (exact) mass is 404 g/mol. The molecular formula is C24H28N4O2. The first-order valence-electron chi connectivity index (χ1n) is 9.91. The first kappa shape index (κ1) is 22.7. The molecule has 30 heavy (non-hydrogen) atoms. The van der Waals surface area contributed by atoms with Crippen molar-refractivity contribution in [3.8, 4) is 11.8 Å². The third-order valence-electron chi connectivity index (χ3n) is 4.28. The molecule has 2 rings (SSSR count). The molecule has 0 aliphatic carbocycles. The van der Waals surface area contributed by atoms with E-state index < -0.39 is 0 Å². The van der Waals surface area contributed by atoms with Crippen LogP contribution in [0.2, 0.25) is 0 Å². The van der Waals surface area contributed by atoms with Crippen molar-refractivity contribution in [2.75, 3.05) is 25.5 Å². The molecule has 0 bridgehead atoms. The molecule has 0 saturated carbocycles. The molecule has 1 amide bonds. The lowest BCUT2D eigenvalue weighted by molar-refractivity contribution is 0.0954. The van der Waals surface area contributed by atoms with Crippen LogP contribution in [-0.4, -0.2) is 32.3 Å². The number of allylic oxidation sites excluding steroid dienone is 1. The van der Waals surface area contributed by atoms with E-state index in [4.69, 9.17) is 10.00 Å². The lowest BCUT2D eigenvalue weighted by Crippen LogP contribution is -2.24. The molecule has 0 aromatic heterocycles. The summed E-state index contributed by atoms with van der Waals surface area (Å²) in [5, 5.41) is 11.3. The van der Waals surface area contributed by atoms with E-state index in [2.05, 4.69) is 10.3 Å². The maximum absolute atomic E-state index is 12.2. The van der Waals surface area contributed by atoms with Crippen LogP contribution < -0.4 is 15.0 Å². The molecule has 6 heteroatoms. The predicted molar refractivity (Wildman–Crippen MR) is 121 cm³/mol. The molecule has 2 aromatic carbocycles. The molecule has 0 aliphatic rings. The Bertz CT molecular complexity index is 971. The second-order valence-corrected chi connectivity index (χ2v) is 6.89. The van der Waals surface area contributed by atoms with Crippen LogP contribution in [0, 0.1) is 11.3 Å². The van der Waals surface area contributed by atoms with Gasteiger partial charge in [0, 0.05) is 43.7 Å².